The maximum absolute atomic E-state index is 15.0. The van der Waals surface area contributed by atoms with E-state index < -0.39 is 61.3 Å². The number of anilines is 2. The Bertz CT molecular complexity index is 1190. The fourth-order valence-corrected chi connectivity index (χ4v) is 4.36. The summed E-state index contributed by atoms with van der Waals surface area (Å²) in [7, 11) is 0. The van der Waals surface area contributed by atoms with Crippen LogP contribution in [0.25, 0.3) is 0 Å². The van der Waals surface area contributed by atoms with Crippen LogP contribution < -0.4 is 16.1 Å². The molecule has 0 saturated heterocycles. The molecule has 0 unspecified atom stereocenters. The lowest BCUT2D eigenvalue weighted by molar-refractivity contribution is -0.348. The minimum atomic E-state index is -6.34. The van der Waals surface area contributed by atoms with Gasteiger partial charge in [-0.15, -0.1) is 0 Å². The zero-order valence-corrected chi connectivity index (χ0v) is 23.5. The summed E-state index contributed by atoms with van der Waals surface area (Å²) < 4.78 is 107. The molecular weight excluding hydrogens is 678 g/mol. The molecule has 216 valence electrons. The smallest absolute Gasteiger partial charge is 0.382 e. The summed E-state index contributed by atoms with van der Waals surface area (Å²) in [6.07, 6.45) is -12.8. The number of alkyl halides is 7. The first-order valence-corrected chi connectivity index (χ1v) is 12.4. The molecule has 0 bridgehead atoms. The van der Waals surface area contributed by atoms with Gasteiger partial charge in [0.1, 0.15) is 0 Å². The molecular formula is C23H21Br2F8N3O3. The van der Waals surface area contributed by atoms with Crippen LogP contribution in [0.3, 0.4) is 0 Å². The minimum absolute atomic E-state index is 0.0523. The van der Waals surface area contributed by atoms with E-state index in [1.807, 2.05) is 0 Å². The van der Waals surface area contributed by atoms with Gasteiger partial charge in [-0.25, -0.2) is 14.3 Å². The second kappa shape index (κ2) is 12.0. The van der Waals surface area contributed by atoms with Crippen molar-refractivity contribution in [3.63, 3.8) is 0 Å². The van der Waals surface area contributed by atoms with Crippen molar-refractivity contribution in [2.24, 2.45) is 0 Å². The van der Waals surface area contributed by atoms with Crippen molar-refractivity contribution in [2.75, 3.05) is 17.2 Å². The Morgan fingerprint density at radius 1 is 0.923 bits per heavy atom. The number of benzene rings is 2. The van der Waals surface area contributed by atoms with Gasteiger partial charge >= 0.3 is 18.0 Å². The van der Waals surface area contributed by atoms with E-state index in [-0.39, 0.29) is 36.5 Å². The highest BCUT2D eigenvalue weighted by atomic mass is 79.9. The maximum atomic E-state index is 15.0. The molecule has 39 heavy (non-hydrogen) atoms. The largest absolute Gasteiger partial charge is 0.435 e. The molecule has 0 aliphatic rings. The van der Waals surface area contributed by atoms with Crippen LogP contribution in [0.4, 0.5) is 46.5 Å². The summed E-state index contributed by atoms with van der Waals surface area (Å²) >= 11 is 5.46. The maximum Gasteiger partial charge on any atom is 0.435 e. The van der Waals surface area contributed by atoms with Gasteiger partial charge in [-0.1, -0.05) is 6.07 Å². The van der Waals surface area contributed by atoms with Gasteiger partial charge in [-0.05, 0) is 76.9 Å². The summed E-state index contributed by atoms with van der Waals surface area (Å²) in [5, 5.41) is 4.79. The summed E-state index contributed by atoms with van der Waals surface area (Å²) in [6.45, 7) is 5.08. The zero-order chi connectivity index (χ0) is 30.0. The number of amides is 2. The van der Waals surface area contributed by atoms with E-state index in [9.17, 15) is 44.7 Å². The minimum Gasteiger partial charge on any atom is -0.382 e. The summed E-state index contributed by atoms with van der Waals surface area (Å²) in [4.78, 5) is 29.6. The van der Waals surface area contributed by atoms with E-state index in [2.05, 4.69) is 48.0 Å². The third-order valence-corrected chi connectivity index (χ3v) is 6.09. The fraction of sp³-hybridized carbons (Fsp3) is 0.391. The van der Waals surface area contributed by atoms with Gasteiger partial charge in [-0.3, -0.25) is 14.4 Å². The predicted molar refractivity (Wildman–Crippen MR) is 133 cm³/mol. The molecule has 0 heterocycles. The predicted octanol–water partition coefficient (Wildman–Crippen LogP) is 7.54. The highest BCUT2D eigenvalue weighted by Gasteiger charge is 2.73. The third kappa shape index (κ3) is 7.81. The molecule has 0 aliphatic carbocycles. The number of hydrogen-bond acceptors (Lipinski definition) is 4. The van der Waals surface area contributed by atoms with Gasteiger partial charge in [0.2, 0.25) is 5.91 Å². The first-order chi connectivity index (χ1) is 17.7. The van der Waals surface area contributed by atoms with Crippen LogP contribution in [0.2, 0.25) is 0 Å². The molecule has 0 saturated carbocycles. The lowest BCUT2D eigenvalue weighted by atomic mass is 9.94. The van der Waals surface area contributed by atoms with Crippen molar-refractivity contribution in [2.45, 2.75) is 50.8 Å². The Hall–Kier alpha value is -2.46. The summed E-state index contributed by atoms with van der Waals surface area (Å²) in [6, 6.07) is 4.05. The Morgan fingerprint density at radius 2 is 1.46 bits per heavy atom. The molecule has 0 fully saturated rings. The average Bonchev–Trinajstić information content (AvgIpc) is 2.78. The van der Waals surface area contributed by atoms with Crippen molar-refractivity contribution in [3.05, 3.63) is 56.2 Å². The SMILES string of the molecule is CC(C)(C)ONC(=O)CCNc1cccc(C(=O)Nc2c(Br)cc(C(F)(C(F)(F)F)C(F)(F)F)cc2Br)c1F. The zero-order valence-electron chi connectivity index (χ0n) is 20.3. The van der Waals surface area contributed by atoms with Crippen LogP contribution in [0.1, 0.15) is 43.1 Å². The van der Waals surface area contributed by atoms with E-state index in [4.69, 9.17) is 4.84 Å². The van der Waals surface area contributed by atoms with E-state index in [1.54, 1.807) is 20.8 Å². The second-order valence-corrected chi connectivity index (χ2v) is 10.7. The van der Waals surface area contributed by atoms with E-state index >= 15 is 0 Å². The van der Waals surface area contributed by atoms with Crippen molar-refractivity contribution in [3.8, 4) is 0 Å². The average molecular weight is 699 g/mol. The third-order valence-electron chi connectivity index (χ3n) is 4.84. The lowest BCUT2D eigenvalue weighted by Gasteiger charge is -2.31. The quantitative estimate of drug-likeness (QED) is 0.197. The van der Waals surface area contributed by atoms with Gasteiger partial charge in [0.05, 0.1) is 22.5 Å². The highest BCUT2D eigenvalue weighted by Crippen LogP contribution is 2.54. The fourth-order valence-electron chi connectivity index (χ4n) is 2.98. The van der Waals surface area contributed by atoms with Gasteiger partial charge in [0, 0.05) is 27.5 Å². The van der Waals surface area contributed by atoms with Crippen LogP contribution >= 0.6 is 31.9 Å². The molecule has 2 rings (SSSR count). The summed E-state index contributed by atoms with van der Waals surface area (Å²) in [5.74, 6) is -2.68. The number of rotatable bonds is 8. The summed E-state index contributed by atoms with van der Waals surface area (Å²) in [5.41, 5.74) is -7.00. The molecule has 3 N–H and O–H groups in total. The standard InChI is InChI=1S/C23H21Br2F8N3O3/c1-20(2,3)39-36-16(37)7-8-34-15-6-4-5-12(17(15)26)19(38)35-18-13(24)9-11(10-14(18)25)21(27,22(28,29)30)23(31,32)33/h4-6,9-10,34H,7-8H2,1-3H3,(H,35,38)(H,36,37). The van der Waals surface area contributed by atoms with Gasteiger partial charge in [0.25, 0.3) is 5.91 Å². The van der Waals surface area contributed by atoms with Gasteiger partial charge < -0.3 is 10.6 Å². The van der Waals surface area contributed by atoms with E-state index in [0.717, 1.165) is 6.07 Å². The van der Waals surface area contributed by atoms with Gasteiger partial charge in [0.15, 0.2) is 5.82 Å². The monoisotopic (exact) mass is 697 g/mol. The number of nitrogens with one attached hydrogen (secondary N) is 3. The van der Waals surface area contributed by atoms with Gasteiger partial charge in [-0.2, -0.15) is 26.3 Å². The number of hydroxylamine groups is 1. The number of carbonyl (C=O) groups excluding carboxylic acids is 2. The Balaban J connectivity index is 2.23. The van der Waals surface area contributed by atoms with Crippen LogP contribution in [-0.2, 0) is 15.3 Å². The van der Waals surface area contributed by atoms with Crippen molar-refractivity contribution < 1.29 is 49.5 Å². The molecule has 6 nitrogen and oxygen atoms in total. The van der Waals surface area contributed by atoms with Crippen LogP contribution in [0.15, 0.2) is 39.3 Å². The Kier molecular flexibility index (Phi) is 10.0. The Labute approximate surface area is 234 Å². The molecule has 0 atom stereocenters. The topological polar surface area (TPSA) is 79.5 Å². The number of carbonyl (C=O) groups is 2. The van der Waals surface area contributed by atoms with Crippen LogP contribution in [-0.4, -0.2) is 36.3 Å². The Morgan fingerprint density at radius 3 is 1.95 bits per heavy atom. The van der Waals surface area contributed by atoms with E-state index in [0.29, 0.717) is 0 Å². The normalized spacial score (nSPS) is 12.7. The highest BCUT2D eigenvalue weighted by molar-refractivity contribution is 9.11. The molecule has 0 aliphatic heterocycles. The molecule has 2 amide bonds. The van der Waals surface area contributed by atoms with E-state index in [1.165, 1.54) is 12.1 Å². The molecule has 2 aromatic rings. The first-order valence-electron chi connectivity index (χ1n) is 10.8. The number of halogens is 10. The second-order valence-electron chi connectivity index (χ2n) is 9.01. The molecule has 0 aromatic heterocycles. The number of hydrogen-bond donors (Lipinski definition) is 3. The van der Waals surface area contributed by atoms with Crippen molar-refractivity contribution in [1.82, 2.24) is 5.48 Å². The molecule has 0 spiro atoms. The molecule has 0 radical (unpaired) electrons. The van der Waals surface area contributed by atoms with Crippen molar-refractivity contribution >= 4 is 55.0 Å². The van der Waals surface area contributed by atoms with Crippen LogP contribution in [0.5, 0.6) is 0 Å². The first kappa shape index (κ1) is 32.8. The lowest BCUT2D eigenvalue weighted by Crippen LogP contribution is -2.50. The van der Waals surface area contributed by atoms with Crippen molar-refractivity contribution in [1.29, 1.82) is 0 Å². The molecule has 16 heteroatoms. The van der Waals surface area contributed by atoms with Crippen LogP contribution in [0, 0.1) is 5.82 Å². The molecule has 2 aromatic carbocycles.